The molecule has 0 bridgehead atoms. The van der Waals surface area contributed by atoms with Crippen LogP contribution in [-0.4, -0.2) is 11.8 Å². The third kappa shape index (κ3) is 6.27. The van der Waals surface area contributed by atoms with E-state index in [2.05, 4.69) is 13.8 Å². The quantitative estimate of drug-likeness (QED) is 0.589. The number of carbonyl (C=O) groups is 1. The molecule has 1 unspecified atom stereocenters. The second-order valence-electron chi connectivity index (χ2n) is 5.93. The summed E-state index contributed by atoms with van der Waals surface area (Å²) in [5.41, 5.74) is 0.721. The monoisotopic (exact) mass is 264 g/mol. The smallest absolute Gasteiger partial charge is 0.428 e. The van der Waals surface area contributed by atoms with Crippen molar-refractivity contribution in [2.45, 2.75) is 53.1 Å². The molecule has 0 aromatic heterocycles. The van der Waals surface area contributed by atoms with Crippen molar-refractivity contribution in [3.8, 4) is 5.75 Å². The number of hydrogen-bond donors (Lipinski definition) is 0. The number of carbonyl (C=O) groups excluding carboxylic acids is 1. The minimum Gasteiger partial charge on any atom is -0.428 e. The van der Waals surface area contributed by atoms with Gasteiger partial charge in [0.25, 0.3) is 0 Å². The molecule has 0 heterocycles. The summed E-state index contributed by atoms with van der Waals surface area (Å²) in [6.45, 7) is 9.84. The Morgan fingerprint density at radius 3 is 2.26 bits per heavy atom. The molecule has 1 aromatic rings. The van der Waals surface area contributed by atoms with Crippen LogP contribution in [0, 0.1) is 5.92 Å². The van der Waals surface area contributed by atoms with Crippen LogP contribution in [0.3, 0.4) is 0 Å². The number of benzene rings is 1. The third-order valence-corrected chi connectivity index (χ3v) is 2.80. The van der Waals surface area contributed by atoms with E-state index >= 15 is 0 Å². The number of rotatable bonds is 4. The van der Waals surface area contributed by atoms with Gasteiger partial charge in [0.2, 0.25) is 0 Å². The Hall–Kier alpha value is -1.51. The van der Waals surface area contributed by atoms with Crippen LogP contribution in [-0.2, 0) is 11.2 Å². The molecule has 0 spiro atoms. The highest BCUT2D eigenvalue weighted by Gasteiger charge is 2.17. The lowest BCUT2D eigenvalue weighted by atomic mass is 9.99. The number of hydrogen-bond acceptors (Lipinski definition) is 3. The van der Waals surface area contributed by atoms with E-state index in [-0.39, 0.29) is 0 Å². The first-order valence-electron chi connectivity index (χ1n) is 6.80. The van der Waals surface area contributed by atoms with Crippen molar-refractivity contribution in [3.63, 3.8) is 0 Å². The fraction of sp³-hybridized carbons (Fsp3) is 0.562. The van der Waals surface area contributed by atoms with Crippen LogP contribution in [0.15, 0.2) is 24.3 Å². The lowest BCUT2D eigenvalue weighted by Crippen LogP contribution is -2.25. The third-order valence-electron chi connectivity index (χ3n) is 2.80. The summed E-state index contributed by atoms with van der Waals surface area (Å²) >= 11 is 0. The van der Waals surface area contributed by atoms with Crippen molar-refractivity contribution in [1.82, 2.24) is 0 Å². The van der Waals surface area contributed by atoms with Crippen molar-refractivity contribution < 1.29 is 14.3 Å². The zero-order chi connectivity index (χ0) is 14.5. The average Bonchev–Trinajstić information content (AvgIpc) is 2.29. The highest BCUT2D eigenvalue weighted by atomic mass is 16.7. The minimum atomic E-state index is -0.665. The van der Waals surface area contributed by atoms with Gasteiger partial charge in [0.15, 0.2) is 0 Å². The van der Waals surface area contributed by atoms with Gasteiger partial charge in [-0.3, -0.25) is 0 Å². The Balaban J connectivity index is 2.55. The molecule has 19 heavy (non-hydrogen) atoms. The molecule has 1 aromatic carbocycles. The maximum Gasteiger partial charge on any atom is 0.514 e. The van der Waals surface area contributed by atoms with Crippen molar-refractivity contribution in [2.24, 2.45) is 5.92 Å². The van der Waals surface area contributed by atoms with E-state index in [9.17, 15) is 4.79 Å². The molecular weight excluding hydrogens is 240 g/mol. The normalized spacial score (nSPS) is 12.9. The predicted octanol–water partition coefficient (Wildman–Crippen LogP) is 4.59. The van der Waals surface area contributed by atoms with Crippen LogP contribution in [0.4, 0.5) is 4.79 Å². The van der Waals surface area contributed by atoms with Crippen LogP contribution < -0.4 is 4.74 Å². The van der Waals surface area contributed by atoms with E-state index in [0.29, 0.717) is 11.7 Å². The van der Waals surface area contributed by atoms with Gasteiger partial charge in [0.05, 0.1) is 0 Å². The predicted molar refractivity (Wildman–Crippen MR) is 76.5 cm³/mol. The highest BCUT2D eigenvalue weighted by molar-refractivity contribution is 5.64. The summed E-state index contributed by atoms with van der Waals surface area (Å²) in [4.78, 5) is 11.5. The molecular formula is C16H24O3. The van der Waals surface area contributed by atoms with Crippen molar-refractivity contribution in [2.75, 3.05) is 0 Å². The molecule has 0 aliphatic rings. The Morgan fingerprint density at radius 2 is 1.79 bits per heavy atom. The molecule has 0 aliphatic heterocycles. The van der Waals surface area contributed by atoms with Gasteiger partial charge in [-0.2, -0.15) is 0 Å². The van der Waals surface area contributed by atoms with Crippen LogP contribution in [0.1, 0.15) is 46.6 Å². The summed E-state index contributed by atoms with van der Waals surface area (Å²) in [6.07, 6.45) is 1.54. The molecule has 0 saturated heterocycles. The average molecular weight is 264 g/mol. The largest absolute Gasteiger partial charge is 0.514 e. The molecule has 0 amide bonds. The maximum atomic E-state index is 11.5. The first-order chi connectivity index (χ1) is 8.80. The number of ether oxygens (including phenoxy) is 2. The standard InChI is InChI=1S/C16H24O3/c1-6-12(2)11-13-7-9-14(10-8-13)18-15(17)19-16(3,4)5/h7-10,12H,6,11H2,1-5H3. The Morgan fingerprint density at radius 1 is 1.21 bits per heavy atom. The SMILES string of the molecule is CCC(C)Cc1ccc(OC(=O)OC(C)(C)C)cc1. The first kappa shape index (κ1) is 15.5. The first-order valence-corrected chi connectivity index (χ1v) is 6.80. The van der Waals surface area contributed by atoms with E-state index in [0.717, 1.165) is 12.8 Å². The van der Waals surface area contributed by atoms with Crippen LogP contribution in [0.25, 0.3) is 0 Å². The van der Waals surface area contributed by atoms with Crippen LogP contribution in [0.5, 0.6) is 5.75 Å². The molecule has 3 nitrogen and oxygen atoms in total. The summed E-state index contributed by atoms with van der Waals surface area (Å²) < 4.78 is 10.2. The topological polar surface area (TPSA) is 35.5 Å². The molecule has 0 radical (unpaired) electrons. The summed E-state index contributed by atoms with van der Waals surface area (Å²) in [7, 11) is 0. The Kier molecular flexibility index (Phi) is 5.40. The summed E-state index contributed by atoms with van der Waals surface area (Å²) in [5, 5.41) is 0. The van der Waals surface area contributed by atoms with Crippen molar-refractivity contribution in [3.05, 3.63) is 29.8 Å². The van der Waals surface area contributed by atoms with Crippen LogP contribution in [0.2, 0.25) is 0 Å². The second-order valence-corrected chi connectivity index (χ2v) is 5.93. The zero-order valence-electron chi connectivity index (χ0n) is 12.5. The van der Waals surface area contributed by atoms with Gasteiger partial charge in [-0.15, -0.1) is 0 Å². The molecule has 1 atom stereocenters. The molecule has 0 N–H and O–H groups in total. The van der Waals surface area contributed by atoms with Crippen molar-refractivity contribution >= 4 is 6.16 Å². The Labute approximate surface area is 115 Å². The zero-order valence-corrected chi connectivity index (χ0v) is 12.5. The summed E-state index contributed by atoms with van der Waals surface area (Å²) in [6, 6.07) is 7.60. The Bertz CT molecular complexity index is 401. The maximum absolute atomic E-state index is 11.5. The molecule has 106 valence electrons. The lowest BCUT2D eigenvalue weighted by Gasteiger charge is -2.18. The van der Waals surface area contributed by atoms with Gasteiger partial charge in [-0.05, 0) is 50.8 Å². The second kappa shape index (κ2) is 6.60. The van der Waals surface area contributed by atoms with E-state index in [1.807, 2.05) is 45.0 Å². The van der Waals surface area contributed by atoms with Gasteiger partial charge < -0.3 is 9.47 Å². The van der Waals surface area contributed by atoms with Gasteiger partial charge >= 0.3 is 6.16 Å². The molecule has 0 aliphatic carbocycles. The highest BCUT2D eigenvalue weighted by Crippen LogP contribution is 2.18. The van der Waals surface area contributed by atoms with Gasteiger partial charge in [-0.1, -0.05) is 32.4 Å². The van der Waals surface area contributed by atoms with E-state index in [1.165, 1.54) is 5.56 Å². The van der Waals surface area contributed by atoms with E-state index in [1.54, 1.807) is 0 Å². The molecule has 3 heteroatoms. The fourth-order valence-electron chi connectivity index (χ4n) is 1.61. The van der Waals surface area contributed by atoms with Gasteiger partial charge in [0.1, 0.15) is 11.4 Å². The van der Waals surface area contributed by atoms with E-state index in [4.69, 9.17) is 9.47 Å². The summed E-state index contributed by atoms with van der Waals surface area (Å²) in [5.74, 6) is 1.18. The van der Waals surface area contributed by atoms with Gasteiger partial charge in [-0.25, -0.2) is 4.79 Å². The minimum absolute atomic E-state index is 0.516. The van der Waals surface area contributed by atoms with Gasteiger partial charge in [0, 0.05) is 0 Å². The molecule has 1 rings (SSSR count). The van der Waals surface area contributed by atoms with E-state index < -0.39 is 11.8 Å². The van der Waals surface area contributed by atoms with Crippen molar-refractivity contribution in [1.29, 1.82) is 0 Å². The fourth-order valence-corrected chi connectivity index (χ4v) is 1.61. The lowest BCUT2D eigenvalue weighted by molar-refractivity contribution is 0.0206. The molecule has 0 fully saturated rings. The van der Waals surface area contributed by atoms with Crippen LogP contribution >= 0.6 is 0 Å². The molecule has 0 saturated carbocycles.